The summed E-state index contributed by atoms with van der Waals surface area (Å²) in [6.07, 6.45) is 6.25. The van der Waals surface area contributed by atoms with Gasteiger partial charge in [-0.1, -0.05) is 12.8 Å². The van der Waals surface area contributed by atoms with Gasteiger partial charge in [0, 0.05) is 33.4 Å². The number of aliphatic imine (C=N–C) groups is 1. The second-order valence-corrected chi connectivity index (χ2v) is 5.72. The number of methoxy groups -OCH3 is 1. The lowest BCUT2D eigenvalue weighted by atomic mass is 9.83. The van der Waals surface area contributed by atoms with E-state index in [-0.39, 0.29) is 0 Å². The molecule has 2 fully saturated rings. The van der Waals surface area contributed by atoms with Gasteiger partial charge in [0.15, 0.2) is 5.96 Å². The first kappa shape index (κ1) is 14.6. The van der Waals surface area contributed by atoms with Gasteiger partial charge in [0.25, 0.3) is 0 Å². The van der Waals surface area contributed by atoms with Crippen LogP contribution in [0, 0.1) is 5.41 Å². The highest BCUT2D eigenvalue weighted by atomic mass is 16.5. The Bertz CT molecular complexity index is 295. The molecule has 0 radical (unpaired) electrons. The Balaban J connectivity index is 1.89. The summed E-state index contributed by atoms with van der Waals surface area (Å²) in [4.78, 5) is 6.79. The van der Waals surface area contributed by atoms with Gasteiger partial charge in [-0.05, 0) is 24.7 Å². The SMILES string of the molecule is COCCC1(CN=C(N)N2CCOCC2)CCCC1. The Morgan fingerprint density at radius 3 is 2.63 bits per heavy atom. The predicted octanol–water partition coefficient (Wildman–Crippen LogP) is 1.23. The molecule has 1 saturated carbocycles. The zero-order chi connectivity index (χ0) is 13.6. The molecule has 5 heteroatoms. The van der Waals surface area contributed by atoms with Gasteiger partial charge in [-0.15, -0.1) is 0 Å². The van der Waals surface area contributed by atoms with Crippen molar-refractivity contribution >= 4 is 5.96 Å². The Morgan fingerprint density at radius 2 is 2.00 bits per heavy atom. The maximum Gasteiger partial charge on any atom is 0.191 e. The van der Waals surface area contributed by atoms with Gasteiger partial charge < -0.3 is 20.1 Å². The molecule has 1 aliphatic heterocycles. The van der Waals surface area contributed by atoms with Crippen LogP contribution < -0.4 is 5.73 Å². The zero-order valence-corrected chi connectivity index (χ0v) is 12.1. The summed E-state index contributed by atoms with van der Waals surface area (Å²) in [7, 11) is 1.77. The van der Waals surface area contributed by atoms with E-state index in [9.17, 15) is 0 Å². The van der Waals surface area contributed by atoms with Gasteiger partial charge in [0.05, 0.1) is 13.2 Å². The molecule has 0 aromatic heterocycles. The first-order chi connectivity index (χ1) is 9.26. The van der Waals surface area contributed by atoms with E-state index in [2.05, 4.69) is 9.89 Å². The minimum absolute atomic E-state index is 0.326. The molecule has 1 heterocycles. The molecule has 1 saturated heterocycles. The highest BCUT2D eigenvalue weighted by molar-refractivity contribution is 5.78. The van der Waals surface area contributed by atoms with Crippen LogP contribution in [0.5, 0.6) is 0 Å². The lowest BCUT2D eigenvalue weighted by Gasteiger charge is -2.30. The number of hydrogen-bond acceptors (Lipinski definition) is 3. The molecule has 1 aliphatic carbocycles. The first-order valence-electron chi connectivity index (χ1n) is 7.37. The molecule has 0 aromatic carbocycles. The summed E-state index contributed by atoms with van der Waals surface area (Å²) in [5, 5.41) is 0. The summed E-state index contributed by atoms with van der Waals surface area (Å²) < 4.78 is 10.6. The number of rotatable bonds is 5. The summed E-state index contributed by atoms with van der Waals surface area (Å²) in [5.74, 6) is 0.687. The van der Waals surface area contributed by atoms with Crippen molar-refractivity contribution in [3.05, 3.63) is 0 Å². The number of guanidine groups is 1. The molecule has 5 nitrogen and oxygen atoms in total. The minimum atomic E-state index is 0.326. The molecule has 0 bridgehead atoms. The van der Waals surface area contributed by atoms with Crippen LogP contribution in [-0.4, -0.2) is 57.4 Å². The van der Waals surface area contributed by atoms with Gasteiger partial charge in [-0.3, -0.25) is 4.99 Å². The maximum absolute atomic E-state index is 6.10. The van der Waals surface area contributed by atoms with Gasteiger partial charge in [0.1, 0.15) is 0 Å². The van der Waals surface area contributed by atoms with Crippen molar-refractivity contribution in [2.75, 3.05) is 46.6 Å². The number of ether oxygens (including phenoxy) is 2. The number of nitrogens with zero attached hydrogens (tertiary/aromatic N) is 2. The van der Waals surface area contributed by atoms with Crippen LogP contribution in [0.25, 0.3) is 0 Å². The van der Waals surface area contributed by atoms with Crippen molar-refractivity contribution in [2.45, 2.75) is 32.1 Å². The van der Waals surface area contributed by atoms with E-state index in [1.807, 2.05) is 0 Å². The van der Waals surface area contributed by atoms with Crippen LogP contribution in [-0.2, 0) is 9.47 Å². The Morgan fingerprint density at radius 1 is 1.32 bits per heavy atom. The standard InChI is InChI=1S/C14H27N3O2/c1-18-9-6-14(4-2-3-5-14)12-16-13(15)17-7-10-19-11-8-17/h2-12H2,1H3,(H2,15,16). The predicted molar refractivity (Wildman–Crippen MR) is 76.3 cm³/mol. The number of nitrogens with two attached hydrogens (primary N) is 1. The minimum Gasteiger partial charge on any atom is -0.385 e. The summed E-state index contributed by atoms with van der Waals surface area (Å²) in [5.41, 5.74) is 6.43. The number of hydrogen-bond donors (Lipinski definition) is 1. The van der Waals surface area contributed by atoms with E-state index in [1.165, 1.54) is 25.7 Å². The molecule has 19 heavy (non-hydrogen) atoms. The highest BCUT2D eigenvalue weighted by Crippen LogP contribution is 2.41. The average Bonchev–Trinajstić information content (AvgIpc) is 2.93. The van der Waals surface area contributed by atoms with E-state index >= 15 is 0 Å². The fraction of sp³-hybridized carbons (Fsp3) is 0.929. The van der Waals surface area contributed by atoms with Crippen molar-refractivity contribution in [2.24, 2.45) is 16.1 Å². The van der Waals surface area contributed by atoms with Crippen LogP contribution in [0.1, 0.15) is 32.1 Å². The van der Waals surface area contributed by atoms with E-state index in [0.717, 1.165) is 45.9 Å². The molecule has 0 aromatic rings. The fourth-order valence-electron chi connectivity index (χ4n) is 3.07. The topological polar surface area (TPSA) is 60.1 Å². The summed E-state index contributed by atoms with van der Waals surface area (Å²) in [6, 6.07) is 0. The van der Waals surface area contributed by atoms with E-state index in [0.29, 0.717) is 11.4 Å². The third kappa shape index (κ3) is 4.08. The van der Waals surface area contributed by atoms with Crippen molar-refractivity contribution in [3.8, 4) is 0 Å². The molecule has 2 N–H and O–H groups in total. The second-order valence-electron chi connectivity index (χ2n) is 5.72. The molecule has 0 spiro atoms. The third-order valence-corrected chi connectivity index (χ3v) is 4.41. The zero-order valence-electron chi connectivity index (χ0n) is 12.1. The highest BCUT2D eigenvalue weighted by Gasteiger charge is 2.33. The van der Waals surface area contributed by atoms with Crippen LogP contribution in [0.3, 0.4) is 0 Å². The lowest BCUT2D eigenvalue weighted by molar-refractivity contribution is 0.0672. The van der Waals surface area contributed by atoms with Gasteiger partial charge in [-0.25, -0.2) is 0 Å². The van der Waals surface area contributed by atoms with Crippen molar-refractivity contribution in [3.63, 3.8) is 0 Å². The number of morpholine rings is 1. The Hall–Kier alpha value is -0.810. The Labute approximate surface area is 116 Å². The smallest absolute Gasteiger partial charge is 0.191 e. The van der Waals surface area contributed by atoms with Crippen molar-refractivity contribution < 1.29 is 9.47 Å². The van der Waals surface area contributed by atoms with Crippen molar-refractivity contribution in [1.82, 2.24) is 4.90 Å². The molecule has 110 valence electrons. The third-order valence-electron chi connectivity index (χ3n) is 4.41. The second kappa shape index (κ2) is 7.10. The maximum atomic E-state index is 6.10. The van der Waals surface area contributed by atoms with Gasteiger partial charge in [0.2, 0.25) is 0 Å². The molecular weight excluding hydrogens is 242 g/mol. The van der Waals surface area contributed by atoms with E-state index < -0.39 is 0 Å². The summed E-state index contributed by atoms with van der Waals surface area (Å²) in [6.45, 7) is 4.91. The van der Waals surface area contributed by atoms with Gasteiger partial charge >= 0.3 is 0 Å². The fourth-order valence-corrected chi connectivity index (χ4v) is 3.07. The van der Waals surface area contributed by atoms with E-state index in [1.54, 1.807) is 7.11 Å². The lowest BCUT2D eigenvalue weighted by Crippen LogP contribution is -2.45. The monoisotopic (exact) mass is 269 g/mol. The normalized spacial score (nSPS) is 23.8. The first-order valence-corrected chi connectivity index (χ1v) is 7.37. The van der Waals surface area contributed by atoms with Crippen LogP contribution >= 0.6 is 0 Å². The summed E-state index contributed by atoms with van der Waals surface area (Å²) >= 11 is 0. The molecule has 0 unspecified atom stereocenters. The average molecular weight is 269 g/mol. The van der Waals surface area contributed by atoms with Crippen LogP contribution in [0.15, 0.2) is 4.99 Å². The van der Waals surface area contributed by atoms with E-state index in [4.69, 9.17) is 15.2 Å². The van der Waals surface area contributed by atoms with Crippen molar-refractivity contribution in [1.29, 1.82) is 0 Å². The Kier molecular flexibility index (Phi) is 5.45. The molecular formula is C14H27N3O2. The van der Waals surface area contributed by atoms with Gasteiger partial charge in [-0.2, -0.15) is 0 Å². The van der Waals surface area contributed by atoms with Crippen LogP contribution in [0.4, 0.5) is 0 Å². The quantitative estimate of drug-likeness (QED) is 0.602. The molecule has 2 aliphatic rings. The molecule has 2 rings (SSSR count). The molecule has 0 amide bonds. The largest absolute Gasteiger partial charge is 0.385 e. The van der Waals surface area contributed by atoms with Crippen LogP contribution in [0.2, 0.25) is 0 Å². The molecule has 0 atom stereocenters.